The van der Waals surface area contributed by atoms with Gasteiger partial charge in [0, 0.05) is 5.70 Å². The SMILES string of the molecule is C=C(NC#N)c1ccc(F)cc1. The predicted molar refractivity (Wildman–Crippen MR) is 44.2 cm³/mol. The Hall–Kier alpha value is -1.82. The molecule has 0 atom stereocenters. The van der Waals surface area contributed by atoms with E-state index in [1.807, 2.05) is 0 Å². The standard InChI is InChI=1S/C9H7FN2/c1-7(12-6-11)8-2-4-9(10)5-3-8/h2-5,12H,1H2. The molecule has 60 valence electrons. The van der Waals surface area contributed by atoms with Gasteiger partial charge in [-0.1, -0.05) is 6.58 Å². The number of nitriles is 1. The molecule has 3 heteroatoms. The largest absolute Gasteiger partial charge is 0.293 e. The molecule has 0 aliphatic carbocycles. The summed E-state index contributed by atoms with van der Waals surface area (Å²) in [5, 5.41) is 10.6. The van der Waals surface area contributed by atoms with Crippen molar-refractivity contribution in [1.29, 1.82) is 5.26 Å². The van der Waals surface area contributed by atoms with Gasteiger partial charge in [-0.3, -0.25) is 5.32 Å². The van der Waals surface area contributed by atoms with Gasteiger partial charge in [0.05, 0.1) is 0 Å². The quantitative estimate of drug-likeness (QED) is 0.532. The lowest BCUT2D eigenvalue weighted by atomic mass is 10.2. The van der Waals surface area contributed by atoms with Crippen LogP contribution in [-0.2, 0) is 0 Å². The van der Waals surface area contributed by atoms with Crippen molar-refractivity contribution in [2.45, 2.75) is 0 Å². The van der Waals surface area contributed by atoms with E-state index in [4.69, 9.17) is 5.26 Å². The van der Waals surface area contributed by atoms with Gasteiger partial charge in [-0.25, -0.2) is 4.39 Å². The number of nitrogens with zero attached hydrogens (tertiary/aromatic N) is 1. The van der Waals surface area contributed by atoms with E-state index in [1.165, 1.54) is 12.1 Å². The third-order valence-electron chi connectivity index (χ3n) is 1.40. The lowest BCUT2D eigenvalue weighted by molar-refractivity contribution is 0.627. The molecule has 0 aliphatic rings. The highest BCUT2D eigenvalue weighted by molar-refractivity contribution is 5.62. The van der Waals surface area contributed by atoms with Gasteiger partial charge in [-0.2, -0.15) is 5.26 Å². The molecule has 0 saturated carbocycles. The molecule has 0 aromatic heterocycles. The zero-order valence-electron chi connectivity index (χ0n) is 6.34. The van der Waals surface area contributed by atoms with Crippen LogP contribution in [0.25, 0.3) is 5.70 Å². The van der Waals surface area contributed by atoms with Gasteiger partial charge in [0.15, 0.2) is 6.19 Å². The Morgan fingerprint density at radius 3 is 2.50 bits per heavy atom. The minimum Gasteiger partial charge on any atom is -0.293 e. The average molecular weight is 162 g/mol. The number of halogens is 1. The minimum absolute atomic E-state index is 0.302. The van der Waals surface area contributed by atoms with E-state index in [0.29, 0.717) is 11.3 Å². The van der Waals surface area contributed by atoms with Crippen molar-refractivity contribution in [2.24, 2.45) is 0 Å². The number of nitrogens with one attached hydrogen (secondary N) is 1. The first-order valence-corrected chi connectivity index (χ1v) is 3.34. The van der Waals surface area contributed by atoms with Crippen molar-refractivity contribution >= 4 is 5.70 Å². The van der Waals surface area contributed by atoms with Crippen LogP contribution in [0.2, 0.25) is 0 Å². The summed E-state index contributed by atoms with van der Waals surface area (Å²) in [6, 6.07) is 5.75. The number of rotatable bonds is 2. The zero-order chi connectivity index (χ0) is 8.97. The Balaban J connectivity index is 2.84. The molecule has 0 aliphatic heterocycles. The summed E-state index contributed by atoms with van der Waals surface area (Å²) in [5.74, 6) is -0.302. The van der Waals surface area contributed by atoms with E-state index in [0.717, 1.165) is 0 Å². The van der Waals surface area contributed by atoms with Crippen molar-refractivity contribution in [1.82, 2.24) is 5.32 Å². The van der Waals surface area contributed by atoms with Crippen molar-refractivity contribution in [3.05, 3.63) is 42.2 Å². The molecule has 0 radical (unpaired) electrons. The molecule has 0 fully saturated rings. The molecule has 0 saturated heterocycles. The van der Waals surface area contributed by atoms with Gasteiger partial charge in [0.2, 0.25) is 0 Å². The predicted octanol–water partition coefficient (Wildman–Crippen LogP) is 1.87. The highest BCUT2D eigenvalue weighted by Gasteiger charge is 1.96. The van der Waals surface area contributed by atoms with E-state index < -0.39 is 0 Å². The zero-order valence-corrected chi connectivity index (χ0v) is 6.34. The van der Waals surface area contributed by atoms with Crippen LogP contribution in [0.5, 0.6) is 0 Å². The maximum atomic E-state index is 12.4. The summed E-state index contributed by atoms with van der Waals surface area (Å²) >= 11 is 0. The number of hydrogen-bond acceptors (Lipinski definition) is 2. The molecule has 0 heterocycles. The molecule has 1 aromatic rings. The molecule has 1 aromatic carbocycles. The summed E-state index contributed by atoms with van der Waals surface area (Å²) < 4.78 is 12.4. The first-order valence-electron chi connectivity index (χ1n) is 3.34. The van der Waals surface area contributed by atoms with Crippen LogP contribution in [-0.4, -0.2) is 0 Å². The van der Waals surface area contributed by atoms with Gasteiger partial charge < -0.3 is 0 Å². The van der Waals surface area contributed by atoms with Crippen molar-refractivity contribution in [2.75, 3.05) is 0 Å². The number of hydrogen-bond donors (Lipinski definition) is 1. The molecule has 1 rings (SSSR count). The highest BCUT2D eigenvalue weighted by Crippen LogP contribution is 2.09. The second kappa shape index (κ2) is 3.54. The van der Waals surface area contributed by atoms with Gasteiger partial charge in [-0.05, 0) is 29.8 Å². The topological polar surface area (TPSA) is 35.8 Å². The molecular weight excluding hydrogens is 155 g/mol. The van der Waals surface area contributed by atoms with Gasteiger partial charge in [0.25, 0.3) is 0 Å². The fraction of sp³-hybridized carbons (Fsp3) is 0. The van der Waals surface area contributed by atoms with Crippen molar-refractivity contribution in [3.8, 4) is 6.19 Å². The summed E-state index contributed by atoms with van der Waals surface area (Å²) in [4.78, 5) is 0. The maximum absolute atomic E-state index is 12.4. The van der Waals surface area contributed by atoms with Crippen LogP contribution in [0, 0.1) is 17.3 Å². The molecule has 2 nitrogen and oxygen atoms in total. The summed E-state index contributed by atoms with van der Waals surface area (Å²) in [6.07, 6.45) is 1.74. The van der Waals surface area contributed by atoms with Gasteiger partial charge in [0.1, 0.15) is 5.82 Å². The Morgan fingerprint density at radius 1 is 1.42 bits per heavy atom. The molecule has 0 unspecified atom stereocenters. The molecule has 0 amide bonds. The summed E-state index contributed by atoms with van der Waals surface area (Å²) in [7, 11) is 0. The first kappa shape index (κ1) is 8.28. The lowest BCUT2D eigenvalue weighted by Gasteiger charge is -2.00. The summed E-state index contributed by atoms with van der Waals surface area (Å²) in [6.45, 7) is 3.59. The van der Waals surface area contributed by atoms with Crippen molar-refractivity contribution in [3.63, 3.8) is 0 Å². The average Bonchev–Trinajstić information content (AvgIpc) is 2.06. The van der Waals surface area contributed by atoms with E-state index in [-0.39, 0.29) is 5.82 Å². The van der Waals surface area contributed by atoms with E-state index >= 15 is 0 Å². The monoisotopic (exact) mass is 162 g/mol. The van der Waals surface area contributed by atoms with Gasteiger partial charge >= 0.3 is 0 Å². The fourth-order valence-corrected chi connectivity index (χ4v) is 0.791. The van der Waals surface area contributed by atoms with Gasteiger partial charge in [-0.15, -0.1) is 0 Å². The van der Waals surface area contributed by atoms with E-state index in [2.05, 4.69) is 11.9 Å². The Kier molecular flexibility index (Phi) is 2.44. The third-order valence-corrected chi connectivity index (χ3v) is 1.40. The third kappa shape index (κ3) is 1.83. The molecule has 12 heavy (non-hydrogen) atoms. The van der Waals surface area contributed by atoms with E-state index in [1.54, 1.807) is 18.3 Å². The second-order valence-corrected chi connectivity index (χ2v) is 2.22. The lowest BCUT2D eigenvalue weighted by Crippen LogP contribution is -2.01. The Bertz CT molecular complexity index is 321. The molecule has 1 N–H and O–H groups in total. The Morgan fingerprint density at radius 2 is 2.00 bits per heavy atom. The smallest absolute Gasteiger partial charge is 0.181 e. The molecule has 0 bridgehead atoms. The second-order valence-electron chi connectivity index (χ2n) is 2.22. The van der Waals surface area contributed by atoms with Crippen LogP contribution in [0.15, 0.2) is 30.8 Å². The molecule has 0 spiro atoms. The highest BCUT2D eigenvalue weighted by atomic mass is 19.1. The van der Waals surface area contributed by atoms with Crippen LogP contribution in [0.1, 0.15) is 5.56 Å². The van der Waals surface area contributed by atoms with Crippen LogP contribution in [0.4, 0.5) is 4.39 Å². The fourth-order valence-electron chi connectivity index (χ4n) is 0.791. The summed E-state index contributed by atoms with van der Waals surface area (Å²) in [5.41, 5.74) is 1.18. The molecular formula is C9H7FN2. The number of benzene rings is 1. The maximum Gasteiger partial charge on any atom is 0.181 e. The minimum atomic E-state index is -0.302. The van der Waals surface area contributed by atoms with Crippen LogP contribution >= 0.6 is 0 Å². The van der Waals surface area contributed by atoms with E-state index in [9.17, 15) is 4.39 Å². The van der Waals surface area contributed by atoms with Crippen LogP contribution in [0.3, 0.4) is 0 Å². The van der Waals surface area contributed by atoms with Crippen molar-refractivity contribution < 1.29 is 4.39 Å². The Labute approximate surface area is 69.9 Å². The normalized spacial score (nSPS) is 8.67. The first-order chi connectivity index (χ1) is 5.74. The van der Waals surface area contributed by atoms with Crippen LogP contribution < -0.4 is 5.32 Å².